The van der Waals surface area contributed by atoms with Crippen molar-refractivity contribution in [1.29, 1.82) is 0 Å². The summed E-state index contributed by atoms with van der Waals surface area (Å²) in [6.07, 6.45) is 2.15. The second-order valence-electron chi connectivity index (χ2n) is 24.7. The van der Waals surface area contributed by atoms with Crippen molar-refractivity contribution in [3.63, 3.8) is 0 Å². The number of halogens is 1. The van der Waals surface area contributed by atoms with Gasteiger partial charge in [0, 0.05) is 108 Å². The van der Waals surface area contributed by atoms with E-state index < -0.39 is 54.3 Å². The number of carbonyl (C=O) groups is 3. The van der Waals surface area contributed by atoms with Crippen molar-refractivity contribution in [3.8, 4) is 0 Å². The number of hydrogen-bond donors (Lipinski definition) is 0. The van der Waals surface area contributed by atoms with Crippen LogP contribution in [0.4, 0.5) is 38.5 Å². The topological polar surface area (TPSA) is 282 Å². The number of aryl methyl sites for hydroxylation is 5. The average molecular weight is 1390 g/mol. The van der Waals surface area contributed by atoms with Crippen molar-refractivity contribution in [3.05, 3.63) is 237 Å². The van der Waals surface area contributed by atoms with Gasteiger partial charge in [-0.15, -0.1) is 22.7 Å². The number of fused-ring (bicyclic) bond motifs is 3. The molecule has 3 aliphatic heterocycles. The number of pyridine rings is 3. The minimum atomic E-state index is -0.715. The summed E-state index contributed by atoms with van der Waals surface area (Å²) in [5.74, 6) is -0.435. The normalized spacial score (nSPS) is 14.1. The van der Waals surface area contributed by atoms with Crippen molar-refractivity contribution in [2.45, 2.75) is 40.3 Å². The minimum Gasteiger partial charge on any atom is -0.459 e. The number of carbonyl (C=O) groups excluding carboxylic acids is 3. The third-order valence-electron chi connectivity index (χ3n) is 17.9. The van der Waals surface area contributed by atoms with Crippen LogP contribution in [0.5, 0.6) is 0 Å². The number of hydrogen-bond acceptors (Lipinski definition) is 19. The second-order valence-corrected chi connectivity index (χ2v) is 26.6. The fourth-order valence-electron chi connectivity index (χ4n) is 12.9. The van der Waals surface area contributed by atoms with Gasteiger partial charge in [-0.1, -0.05) is 59.2 Å². The van der Waals surface area contributed by atoms with Crippen molar-refractivity contribution >= 4 is 107 Å². The molecule has 0 N–H and O–H groups in total. The molecule has 514 valence electrons. The minimum absolute atomic E-state index is 0.0289. The standard InChI is InChI=1S/C26H23FN4O4S.C24H29N5O5.C20H20N4O4S/c1-17-4-9-21-20(15-17)23(28-10-12-29(13-11-28)25(32)22-3-2-14-36-22)24(31(34)35)26(33)30(21)16-18-5-7-19(27)8-6-18;1-17-7-8-19-18(16-17)21(22(29(32)33)24(31)28(19)10-5-9-25(2)3)26-11-13-27(14-12-26)23(30)20-6-4-15-34-20;1-13-5-6-15-14(12-13)17(18(24(27)28)20(26)21(15)2)22-7-9-23(10-8-22)19(25)16-4-3-11-29-16/h2-9,14-15H,10-13,16H2,1H3;4,6-8,15-16H,5,9-14H2,1-3H3;3-6,11-12H,7-10H2,1-2H3. The molecule has 3 fully saturated rings. The van der Waals surface area contributed by atoms with Gasteiger partial charge in [0.2, 0.25) is 0 Å². The number of nitro groups is 3. The first kappa shape index (κ1) is 69.4. The largest absolute Gasteiger partial charge is 0.459 e. The lowest BCUT2D eigenvalue weighted by Gasteiger charge is -2.36. The lowest BCUT2D eigenvalue weighted by Crippen LogP contribution is -2.49. The van der Waals surface area contributed by atoms with E-state index in [-0.39, 0.29) is 35.7 Å². The molecule has 0 unspecified atom stereocenters. The number of rotatable bonds is 15. The van der Waals surface area contributed by atoms with E-state index in [9.17, 15) is 63.5 Å². The number of benzene rings is 4. The van der Waals surface area contributed by atoms with Gasteiger partial charge in [0.25, 0.3) is 17.7 Å². The molecule has 0 saturated carbocycles. The molecule has 4 aromatic carbocycles. The molecule has 9 heterocycles. The van der Waals surface area contributed by atoms with Gasteiger partial charge in [-0.3, -0.25) is 63.7 Å². The van der Waals surface area contributed by atoms with E-state index in [1.807, 2.05) is 126 Å². The van der Waals surface area contributed by atoms with Crippen LogP contribution in [0.25, 0.3) is 32.7 Å². The van der Waals surface area contributed by atoms with Gasteiger partial charge in [0.1, 0.15) is 22.9 Å². The van der Waals surface area contributed by atoms with E-state index in [1.54, 1.807) is 64.2 Å². The molecule has 13 rings (SSSR count). The van der Waals surface area contributed by atoms with Crippen LogP contribution in [0.2, 0.25) is 0 Å². The summed E-state index contributed by atoms with van der Waals surface area (Å²) in [7, 11) is 5.45. The Hall–Kier alpha value is -10.9. The van der Waals surface area contributed by atoms with E-state index in [4.69, 9.17) is 4.42 Å². The Morgan fingerprint density at radius 2 is 0.919 bits per heavy atom. The van der Waals surface area contributed by atoms with Gasteiger partial charge in [-0.25, -0.2) is 4.39 Å². The van der Waals surface area contributed by atoms with E-state index in [0.717, 1.165) is 23.2 Å². The maximum atomic E-state index is 13.5. The van der Waals surface area contributed by atoms with Gasteiger partial charge in [-0.05, 0) is 137 Å². The molecule has 0 spiro atoms. The number of piperazine rings is 3. The second kappa shape index (κ2) is 29.8. The van der Waals surface area contributed by atoms with Crippen LogP contribution in [0.1, 0.15) is 58.6 Å². The van der Waals surface area contributed by atoms with Gasteiger partial charge in [0.05, 0.1) is 53.9 Å². The predicted octanol–water partition coefficient (Wildman–Crippen LogP) is 9.93. The maximum absolute atomic E-state index is 13.5. The van der Waals surface area contributed by atoms with Gasteiger partial charge < -0.3 is 47.9 Å². The molecular formula is C70H72FN13O13S2. The zero-order chi connectivity index (χ0) is 70.5. The summed E-state index contributed by atoms with van der Waals surface area (Å²) >= 11 is 2.77. The predicted molar refractivity (Wildman–Crippen MR) is 380 cm³/mol. The van der Waals surface area contributed by atoms with Crippen LogP contribution in [-0.4, -0.2) is 165 Å². The van der Waals surface area contributed by atoms with Crippen LogP contribution >= 0.6 is 22.7 Å². The third kappa shape index (κ3) is 14.7. The summed E-state index contributed by atoms with van der Waals surface area (Å²) in [5, 5.41) is 41.9. The van der Waals surface area contributed by atoms with Crippen LogP contribution in [0.15, 0.2) is 151 Å². The third-order valence-corrected chi connectivity index (χ3v) is 19.6. The van der Waals surface area contributed by atoms with Gasteiger partial charge in [-0.2, -0.15) is 0 Å². The Morgan fingerprint density at radius 1 is 0.515 bits per heavy atom. The summed E-state index contributed by atoms with van der Waals surface area (Å²) < 4.78 is 22.8. The fraction of sp³-hybridized carbons (Fsp3) is 0.314. The number of anilines is 3. The molecule has 0 atom stereocenters. The number of amides is 3. The van der Waals surface area contributed by atoms with Gasteiger partial charge >= 0.3 is 33.7 Å². The molecule has 3 aliphatic rings. The number of furan rings is 1. The number of thiophene rings is 2. The first-order valence-electron chi connectivity index (χ1n) is 32.0. The lowest BCUT2D eigenvalue weighted by molar-refractivity contribution is -0.385. The van der Waals surface area contributed by atoms with E-state index in [2.05, 4.69) is 0 Å². The van der Waals surface area contributed by atoms with Crippen molar-refractivity contribution < 1.29 is 38.0 Å². The Bertz CT molecular complexity index is 4900. The van der Waals surface area contributed by atoms with Crippen LogP contribution in [-0.2, 0) is 20.1 Å². The average Bonchev–Trinajstić information content (AvgIpc) is 1.05. The molecule has 0 aliphatic carbocycles. The zero-order valence-corrected chi connectivity index (χ0v) is 57.0. The quantitative estimate of drug-likeness (QED) is 0.0681. The van der Waals surface area contributed by atoms with Gasteiger partial charge in [0.15, 0.2) is 5.76 Å². The Kier molecular flexibility index (Phi) is 20.9. The molecule has 6 aromatic heterocycles. The van der Waals surface area contributed by atoms with Crippen LogP contribution in [0.3, 0.4) is 0 Å². The number of aromatic nitrogens is 3. The van der Waals surface area contributed by atoms with E-state index in [1.165, 1.54) is 54.8 Å². The van der Waals surface area contributed by atoms with E-state index >= 15 is 0 Å². The smallest absolute Gasteiger partial charge is 0.357 e. The summed E-state index contributed by atoms with van der Waals surface area (Å²) in [4.78, 5) is 126. The van der Waals surface area contributed by atoms with Crippen molar-refractivity contribution in [2.75, 3.05) is 114 Å². The Labute approximate surface area is 574 Å². The molecular weight excluding hydrogens is 1310 g/mol. The summed E-state index contributed by atoms with van der Waals surface area (Å²) in [6, 6.07) is 33.0. The van der Waals surface area contributed by atoms with E-state index in [0.29, 0.717) is 151 Å². The molecule has 0 bridgehead atoms. The molecule has 99 heavy (non-hydrogen) atoms. The molecule has 0 radical (unpaired) electrons. The highest BCUT2D eigenvalue weighted by molar-refractivity contribution is 7.12. The van der Waals surface area contributed by atoms with Crippen LogP contribution < -0.4 is 31.4 Å². The highest BCUT2D eigenvalue weighted by Gasteiger charge is 2.36. The SMILES string of the molecule is Cc1ccc2c(c1)c(N1CCN(C(=O)c3ccco3)CC1)c([N+](=O)[O-])c(=O)n2CCCN(C)C.Cc1ccc2c(c1)c(N1CCN(C(=O)c3cccs3)CC1)c([N+](=O)[O-])c(=O)n2C.Cc1ccc2c(c1)c(N1CCN(C(=O)c3cccs3)CC1)c([N+](=O)[O-])c(=O)n2Cc1ccc(F)cc1. The fourth-order valence-corrected chi connectivity index (χ4v) is 14.3. The molecule has 3 saturated heterocycles. The zero-order valence-electron chi connectivity index (χ0n) is 55.3. The monoisotopic (exact) mass is 1390 g/mol. The Balaban J connectivity index is 0.000000151. The first-order chi connectivity index (χ1) is 47.5. The lowest BCUT2D eigenvalue weighted by atomic mass is 10.1. The highest BCUT2D eigenvalue weighted by Crippen LogP contribution is 2.39. The molecule has 29 heteroatoms. The van der Waals surface area contributed by atoms with Crippen molar-refractivity contribution in [1.82, 2.24) is 33.3 Å². The maximum Gasteiger partial charge on any atom is 0.357 e. The summed E-state index contributed by atoms with van der Waals surface area (Å²) in [5.41, 5.74) is 3.08. The Morgan fingerprint density at radius 3 is 1.32 bits per heavy atom. The number of nitrogens with zero attached hydrogens (tertiary/aromatic N) is 13. The van der Waals surface area contributed by atoms with Crippen LogP contribution in [0, 0.1) is 56.9 Å². The first-order valence-corrected chi connectivity index (χ1v) is 33.8. The molecule has 26 nitrogen and oxygen atoms in total. The highest BCUT2D eigenvalue weighted by atomic mass is 32.1. The molecule has 3 amide bonds. The molecule has 10 aromatic rings. The summed E-state index contributed by atoms with van der Waals surface area (Å²) in [6.45, 7) is 11.7. The van der Waals surface area contributed by atoms with Crippen molar-refractivity contribution in [2.24, 2.45) is 7.05 Å².